The summed E-state index contributed by atoms with van der Waals surface area (Å²) in [7, 11) is 1.49. The number of aromatic nitrogens is 1. The van der Waals surface area contributed by atoms with E-state index in [0.29, 0.717) is 29.0 Å². The Kier molecular flexibility index (Phi) is 11.3. The Balaban J connectivity index is 1.43. The van der Waals surface area contributed by atoms with Gasteiger partial charge in [-0.05, 0) is 42.5 Å². The van der Waals surface area contributed by atoms with E-state index in [9.17, 15) is 19.5 Å². The largest absolute Gasteiger partial charge is 0.455 e. The lowest BCUT2D eigenvalue weighted by atomic mass is 9.95. The Morgan fingerprint density at radius 2 is 1.70 bits per heavy atom. The molecule has 5 rings (SSSR count). The maximum Gasteiger partial charge on any atom is 0.310 e. The number of nitrogens with one attached hydrogen (secondary N) is 2. The van der Waals surface area contributed by atoms with Crippen molar-refractivity contribution >= 4 is 28.9 Å². The summed E-state index contributed by atoms with van der Waals surface area (Å²) in [5.74, 6) is -2.87. The Morgan fingerprint density at radius 3 is 2.41 bits per heavy atom. The minimum absolute atomic E-state index is 0.0197. The van der Waals surface area contributed by atoms with Crippen LogP contribution in [-0.4, -0.2) is 60.3 Å². The molecule has 3 N–H and O–H groups in total. The highest BCUT2D eigenvalue weighted by molar-refractivity contribution is 6.00. The molecule has 10 heteroatoms. The highest BCUT2D eigenvalue weighted by Crippen LogP contribution is 2.27. The summed E-state index contributed by atoms with van der Waals surface area (Å²) in [5.41, 5.74) is 2.93. The maximum atomic E-state index is 13.8. The predicted molar refractivity (Wildman–Crippen MR) is 171 cm³/mol. The molecule has 0 fully saturated rings. The molecule has 1 aliphatic heterocycles. The van der Waals surface area contributed by atoms with Gasteiger partial charge < -0.3 is 29.6 Å². The Bertz CT molecular complexity index is 1590. The van der Waals surface area contributed by atoms with E-state index in [2.05, 4.69) is 15.6 Å². The molecule has 1 aliphatic rings. The van der Waals surface area contributed by atoms with Crippen LogP contribution in [0.3, 0.4) is 0 Å². The lowest BCUT2D eigenvalue weighted by Gasteiger charge is -2.31. The van der Waals surface area contributed by atoms with Crippen molar-refractivity contribution < 1.29 is 33.4 Å². The van der Waals surface area contributed by atoms with Crippen LogP contribution in [0.5, 0.6) is 0 Å². The van der Waals surface area contributed by atoms with E-state index in [-0.39, 0.29) is 32.5 Å². The summed E-state index contributed by atoms with van der Waals surface area (Å²) in [6.07, 6.45) is 3.56. The molecule has 0 saturated carbocycles. The van der Waals surface area contributed by atoms with Crippen LogP contribution in [0.25, 0.3) is 11.1 Å². The minimum atomic E-state index is -1.11. The van der Waals surface area contributed by atoms with Crippen LogP contribution in [0.15, 0.2) is 101 Å². The number of hydrogen-bond acceptors (Lipinski definition) is 8. The molecule has 240 valence electrons. The zero-order valence-electron chi connectivity index (χ0n) is 25.7. The van der Waals surface area contributed by atoms with Gasteiger partial charge in [0.2, 0.25) is 11.8 Å². The molecule has 46 heavy (non-hydrogen) atoms. The standard InChI is InChI=1S/C36H39N3O7/c1-44-23-30-33(25-14-6-3-7-15-25)46-36(43)26(21-32-38-29-18-10-11-19-31(29)45-32)16-8-9-17-28(35(42)39-30)34(41)37-27(22-40)20-24-12-4-2-5-13-24/h2-15,18-19,26-28,30,33,40H,16-17,20-23H2,1H3,(H,37,41)(H,39,42)/t26?,27-,28?,30?,33?/m1/s1. The van der Waals surface area contributed by atoms with E-state index >= 15 is 0 Å². The minimum Gasteiger partial charge on any atom is -0.455 e. The number of rotatable bonds is 10. The molecule has 0 radical (unpaired) electrons. The van der Waals surface area contributed by atoms with Crippen LogP contribution in [-0.2, 0) is 36.7 Å². The predicted octanol–water partition coefficient (Wildman–Crippen LogP) is 4.09. The van der Waals surface area contributed by atoms with Crippen molar-refractivity contribution in [1.82, 2.24) is 15.6 Å². The molecule has 3 aromatic carbocycles. The van der Waals surface area contributed by atoms with Crippen molar-refractivity contribution in [2.75, 3.05) is 20.3 Å². The first kappa shape index (κ1) is 32.6. The second-order valence-electron chi connectivity index (χ2n) is 11.4. The van der Waals surface area contributed by atoms with Gasteiger partial charge in [-0.25, -0.2) is 4.98 Å². The van der Waals surface area contributed by atoms with E-state index in [1.54, 1.807) is 12.2 Å². The molecule has 10 nitrogen and oxygen atoms in total. The van der Waals surface area contributed by atoms with Gasteiger partial charge in [-0.15, -0.1) is 0 Å². The van der Waals surface area contributed by atoms with Gasteiger partial charge in [-0.3, -0.25) is 14.4 Å². The van der Waals surface area contributed by atoms with E-state index in [0.717, 1.165) is 5.56 Å². The van der Waals surface area contributed by atoms with E-state index in [4.69, 9.17) is 13.9 Å². The molecule has 5 atom stereocenters. The zero-order chi connectivity index (χ0) is 32.3. The third kappa shape index (κ3) is 8.47. The summed E-state index contributed by atoms with van der Waals surface area (Å²) in [6, 6.07) is 24.6. The summed E-state index contributed by atoms with van der Waals surface area (Å²) in [4.78, 5) is 45.7. The number of allylic oxidation sites excluding steroid dienone is 2. The Hall–Kier alpha value is -4.80. The molecule has 0 aliphatic carbocycles. The fourth-order valence-electron chi connectivity index (χ4n) is 5.58. The monoisotopic (exact) mass is 625 g/mol. The smallest absolute Gasteiger partial charge is 0.310 e. The van der Waals surface area contributed by atoms with E-state index < -0.39 is 47.8 Å². The van der Waals surface area contributed by atoms with Crippen molar-refractivity contribution in [3.8, 4) is 0 Å². The average molecular weight is 626 g/mol. The van der Waals surface area contributed by atoms with Gasteiger partial charge in [0.1, 0.15) is 17.5 Å². The zero-order valence-corrected chi connectivity index (χ0v) is 25.7. The number of ether oxygens (including phenoxy) is 2. The normalized spacial score (nSPS) is 21.4. The number of esters is 1. The number of aliphatic hydroxyl groups is 1. The number of oxazole rings is 1. The van der Waals surface area contributed by atoms with Gasteiger partial charge in [0.15, 0.2) is 11.5 Å². The lowest BCUT2D eigenvalue weighted by Crippen LogP contribution is -2.51. The number of carbonyl (C=O) groups excluding carboxylic acids is 3. The highest BCUT2D eigenvalue weighted by atomic mass is 16.5. The number of hydrogen-bond donors (Lipinski definition) is 3. The lowest BCUT2D eigenvalue weighted by molar-refractivity contribution is -0.158. The maximum absolute atomic E-state index is 13.8. The summed E-state index contributed by atoms with van der Waals surface area (Å²) < 4.78 is 17.5. The van der Waals surface area contributed by atoms with Gasteiger partial charge in [0.05, 0.1) is 31.2 Å². The fourth-order valence-corrected chi connectivity index (χ4v) is 5.58. The number of aliphatic hydroxyl groups excluding tert-OH is 1. The summed E-state index contributed by atoms with van der Waals surface area (Å²) >= 11 is 0. The van der Waals surface area contributed by atoms with Crippen molar-refractivity contribution in [3.05, 3.63) is 114 Å². The highest BCUT2D eigenvalue weighted by Gasteiger charge is 2.36. The molecule has 0 bridgehead atoms. The first-order valence-corrected chi connectivity index (χ1v) is 15.4. The van der Waals surface area contributed by atoms with Gasteiger partial charge >= 0.3 is 5.97 Å². The number of methoxy groups -OCH3 is 1. The Morgan fingerprint density at radius 1 is 1.00 bits per heavy atom. The number of benzene rings is 3. The topological polar surface area (TPSA) is 140 Å². The second kappa shape index (κ2) is 16.0. The molecule has 1 aromatic heterocycles. The van der Waals surface area contributed by atoms with Crippen LogP contribution in [0.4, 0.5) is 0 Å². The van der Waals surface area contributed by atoms with Crippen molar-refractivity contribution in [3.63, 3.8) is 0 Å². The van der Waals surface area contributed by atoms with Gasteiger partial charge in [-0.1, -0.05) is 84.9 Å². The molecule has 4 unspecified atom stereocenters. The van der Waals surface area contributed by atoms with Crippen LogP contribution in [0, 0.1) is 11.8 Å². The van der Waals surface area contributed by atoms with Crippen LogP contribution >= 0.6 is 0 Å². The van der Waals surface area contributed by atoms with Crippen LogP contribution < -0.4 is 10.6 Å². The number of cyclic esters (lactones) is 1. The number of amides is 2. The first-order valence-electron chi connectivity index (χ1n) is 15.4. The fraction of sp³-hybridized carbons (Fsp3) is 0.333. The second-order valence-corrected chi connectivity index (χ2v) is 11.4. The number of carbonyl (C=O) groups is 3. The molecule has 2 heterocycles. The third-order valence-corrected chi connectivity index (χ3v) is 7.99. The Labute approximate surface area is 267 Å². The first-order chi connectivity index (χ1) is 22.4. The van der Waals surface area contributed by atoms with Crippen LogP contribution in [0.1, 0.15) is 36.0 Å². The molecular formula is C36H39N3O7. The SMILES string of the molecule is COCC1NC(=O)C(C(=O)N[C@@H](CO)Cc2ccccc2)CC=CCC(Cc2nc3ccccc3o2)C(=O)OC1c1ccccc1. The van der Waals surface area contributed by atoms with Crippen molar-refractivity contribution in [1.29, 1.82) is 0 Å². The molecular weight excluding hydrogens is 586 g/mol. The summed E-state index contributed by atoms with van der Waals surface area (Å²) in [6.45, 7) is -0.271. The average Bonchev–Trinajstić information content (AvgIpc) is 3.49. The van der Waals surface area contributed by atoms with Gasteiger partial charge in [0.25, 0.3) is 0 Å². The summed E-state index contributed by atoms with van der Waals surface area (Å²) in [5, 5.41) is 15.8. The molecule has 4 aromatic rings. The number of nitrogens with zero attached hydrogens (tertiary/aromatic N) is 1. The third-order valence-electron chi connectivity index (χ3n) is 7.99. The van der Waals surface area contributed by atoms with Gasteiger partial charge in [-0.2, -0.15) is 0 Å². The van der Waals surface area contributed by atoms with Crippen molar-refractivity contribution in [2.24, 2.45) is 11.8 Å². The number of fused-ring (bicyclic) bond motifs is 1. The molecule has 0 saturated heterocycles. The number of para-hydroxylation sites is 2. The molecule has 0 spiro atoms. The van der Waals surface area contributed by atoms with E-state index in [1.165, 1.54) is 7.11 Å². The molecule has 2 amide bonds. The van der Waals surface area contributed by atoms with Crippen molar-refractivity contribution in [2.45, 2.75) is 43.9 Å². The quantitative estimate of drug-likeness (QED) is 0.136. The van der Waals surface area contributed by atoms with Gasteiger partial charge in [0, 0.05) is 13.5 Å². The van der Waals surface area contributed by atoms with Crippen LogP contribution in [0.2, 0.25) is 0 Å². The van der Waals surface area contributed by atoms with E-state index in [1.807, 2.05) is 84.9 Å².